The van der Waals surface area contributed by atoms with E-state index in [2.05, 4.69) is 5.32 Å². The normalized spacial score (nSPS) is 40.8. The molecule has 16 heavy (non-hydrogen) atoms. The van der Waals surface area contributed by atoms with Gasteiger partial charge in [-0.1, -0.05) is 0 Å². The van der Waals surface area contributed by atoms with Crippen molar-refractivity contribution in [3.8, 4) is 0 Å². The summed E-state index contributed by atoms with van der Waals surface area (Å²) in [5, 5.41) is 2.77. The molecule has 2 rings (SSSR count). The SMILES string of the molecule is CCNC(=O)[C@@]1(N)CC[C@@H]2OC(C)(C)O[C@@H]21. The zero-order valence-corrected chi connectivity index (χ0v) is 10.1. The molecule has 0 aromatic carbocycles. The van der Waals surface area contributed by atoms with Crippen LogP contribution < -0.4 is 11.1 Å². The van der Waals surface area contributed by atoms with Crippen LogP contribution in [0.15, 0.2) is 0 Å². The van der Waals surface area contributed by atoms with E-state index in [0.717, 1.165) is 6.42 Å². The van der Waals surface area contributed by atoms with Gasteiger partial charge in [0.25, 0.3) is 0 Å². The molecular formula is C11H20N2O3. The van der Waals surface area contributed by atoms with E-state index in [1.807, 2.05) is 20.8 Å². The Morgan fingerprint density at radius 1 is 1.50 bits per heavy atom. The van der Waals surface area contributed by atoms with Gasteiger partial charge in [-0.3, -0.25) is 4.79 Å². The Morgan fingerprint density at radius 2 is 2.19 bits per heavy atom. The maximum atomic E-state index is 11.9. The van der Waals surface area contributed by atoms with E-state index in [-0.39, 0.29) is 18.1 Å². The summed E-state index contributed by atoms with van der Waals surface area (Å²) in [5.74, 6) is -0.767. The molecule has 1 heterocycles. The van der Waals surface area contributed by atoms with E-state index in [1.54, 1.807) is 0 Å². The molecular weight excluding hydrogens is 208 g/mol. The summed E-state index contributed by atoms with van der Waals surface area (Å²) in [6.45, 7) is 6.16. The fourth-order valence-electron chi connectivity index (χ4n) is 2.57. The maximum Gasteiger partial charge on any atom is 0.242 e. The third-order valence-electron chi connectivity index (χ3n) is 3.29. The molecule has 5 nitrogen and oxygen atoms in total. The number of amides is 1. The van der Waals surface area contributed by atoms with Crippen LogP contribution in [0.1, 0.15) is 33.6 Å². The predicted molar refractivity (Wildman–Crippen MR) is 58.7 cm³/mol. The summed E-state index contributed by atoms with van der Waals surface area (Å²) < 4.78 is 11.5. The van der Waals surface area contributed by atoms with Crippen molar-refractivity contribution in [2.45, 2.75) is 57.1 Å². The first kappa shape index (κ1) is 11.8. The second-order valence-electron chi connectivity index (χ2n) is 5.03. The minimum absolute atomic E-state index is 0.0531. The third-order valence-corrected chi connectivity index (χ3v) is 3.29. The summed E-state index contributed by atoms with van der Waals surface area (Å²) in [5.41, 5.74) is 5.24. The van der Waals surface area contributed by atoms with Crippen LogP contribution in [0.25, 0.3) is 0 Å². The summed E-state index contributed by atoms with van der Waals surface area (Å²) in [6.07, 6.45) is 1.02. The molecule has 0 unspecified atom stereocenters. The highest BCUT2D eigenvalue weighted by atomic mass is 16.8. The highest BCUT2D eigenvalue weighted by Gasteiger charge is 2.58. The van der Waals surface area contributed by atoms with E-state index in [1.165, 1.54) is 0 Å². The fraction of sp³-hybridized carbons (Fsp3) is 0.909. The first-order chi connectivity index (χ1) is 7.39. The number of fused-ring (bicyclic) bond motifs is 1. The number of ether oxygens (including phenoxy) is 2. The number of nitrogens with one attached hydrogen (secondary N) is 1. The first-order valence-corrected chi connectivity index (χ1v) is 5.82. The molecule has 0 aromatic rings. The number of likely N-dealkylation sites (N-methyl/N-ethyl adjacent to an activating group) is 1. The Bertz CT molecular complexity index is 306. The number of rotatable bonds is 2. The van der Waals surface area contributed by atoms with Crippen molar-refractivity contribution in [3.63, 3.8) is 0 Å². The van der Waals surface area contributed by atoms with Crippen LogP contribution in [0, 0.1) is 0 Å². The highest BCUT2D eigenvalue weighted by molar-refractivity contribution is 5.87. The smallest absolute Gasteiger partial charge is 0.242 e. The Labute approximate surface area is 95.7 Å². The van der Waals surface area contributed by atoms with Crippen LogP contribution in [0.2, 0.25) is 0 Å². The van der Waals surface area contributed by atoms with Gasteiger partial charge in [-0.2, -0.15) is 0 Å². The monoisotopic (exact) mass is 228 g/mol. The lowest BCUT2D eigenvalue weighted by Crippen LogP contribution is -2.60. The van der Waals surface area contributed by atoms with E-state index in [9.17, 15) is 4.79 Å². The second kappa shape index (κ2) is 3.68. The molecule has 2 fully saturated rings. The van der Waals surface area contributed by atoms with Crippen LogP contribution in [0.5, 0.6) is 0 Å². The second-order valence-corrected chi connectivity index (χ2v) is 5.03. The molecule has 1 amide bonds. The lowest BCUT2D eigenvalue weighted by Gasteiger charge is -2.29. The molecule has 92 valence electrons. The van der Waals surface area contributed by atoms with Crippen LogP contribution >= 0.6 is 0 Å². The van der Waals surface area contributed by atoms with Gasteiger partial charge in [0.15, 0.2) is 5.79 Å². The van der Waals surface area contributed by atoms with Crippen LogP contribution in [0.4, 0.5) is 0 Å². The summed E-state index contributed by atoms with van der Waals surface area (Å²) >= 11 is 0. The number of carbonyl (C=O) groups excluding carboxylic acids is 1. The standard InChI is InChI=1S/C11H20N2O3/c1-4-13-9(14)11(12)6-5-7-8(11)16-10(2,3)15-7/h7-8H,4-6,12H2,1-3H3,(H,13,14)/t7-,8-,11+/m0/s1. The van der Waals surface area contributed by atoms with Crippen LogP contribution in [-0.2, 0) is 14.3 Å². The molecule has 0 aromatic heterocycles. The Morgan fingerprint density at radius 3 is 2.81 bits per heavy atom. The largest absolute Gasteiger partial charge is 0.355 e. The molecule has 3 N–H and O–H groups in total. The first-order valence-electron chi connectivity index (χ1n) is 5.82. The molecule has 2 aliphatic rings. The highest BCUT2D eigenvalue weighted by Crippen LogP contribution is 2.42. The fourth-order valence-corrected chi connectivity index (χ4v) is 2.57. The van der Waals surface area contributed by atoms with Gasteiger partial charge >= 0.3 is 0 Å². The van der Waals surface area contributed by atoms with E-state index in [0.29, 0.717) is 13.0 Å². The van der Waals surface area contributed by atoms with Crippen molar-refractivity contribution in [2.24, 2.45) is 5.73 Å². The van der Waals surface area contributed by atoms with Crippen molar-refractivity contribution in [2.75, 3.05) is 6.54 Å². The average Bonchev–Trinajstić information content (AvgIpc) is 2.64. The Balaban J connectivity index is 2.15. The third kappa shape index (κ3) is 1.73. The lowest BCUT2D eigenvalue weighted by molar-refractivity contribution is -0.161. The van der Waals surface area contributed by atoms with Gasteiger partial charge in [0.2, 0.25) is 5.91 Å². The molecule has 1 saturated carbocycles. The van der Waals surface area contributed by atoms with Crippen molar-refractivity contribution in [1.82, 2.24) is 5.32 Å². The lowest BCUT2D eigenvalue weighted by atomic mass is 9.95. The Kier molecular flexibility index (Phi) is 2.72. The molecule has 1 saturated heterocycles. The maximum absolute atomic E-state index is 11.9. The zero-order valence-electron chi connectivity index (χ0n) is 10.1. The van der Waals surface area contributed by atoms with Gasteiger partial charge in [-0.15, -0.1) is 0 Å². The van der Waals surface area contributed by atoms with E-state index in [4.69, 9.17) is 15.2 Å². The quantitative estimate of drug-likeness (QED) is 0.705. The zero-order chi connectivity index (χ0) is 12.0. The van der Waals surface area contributed by atoms with Gasteiger partial charge in [0.05, 0.1) is 6.10 Å². The Hall–Kier alpha value is -0.650. The summed E-state index contributed by atoms with van der Waals surface area (Å²) in [7, 11) is 0. The minimum Gasteiger partial charge on any atom is -0.355 e. The van der Waals surface area contributed by atoms with E-state index < -0.39 is 11.3 Å². The number of nitrogens with two attached hydrogens (primary N) is 1. The molecule has 1 aliphatic heterocycles. The molecule has 0 radical (unpaired) electrons. The average molecular weight is 228 g/mol. The molecule has 3 atom stereocenters. The predicted octanol–water partition coefficient (Wildman–Crippen LogP) is 0.134. The number of hydrogen-bond donors (Lipinski definition) is 2. The number of hydrogen-bond acceptors (Lipinski definition) is 4. The van der Waals surface area contributed by atoms with Crippen molar-refractivity contribution >= 4 is 5.91 Å². The minimum atomic E-state index is -0.936. The molecule has 0 bridgehead atoms. The molecule has 5 heteroatoms. The van der Waals surface area contributed by atoms with Gasteiger partial charge in [-0.25, -0.2) is 0 Å². The van der Waals surface area contributed by atoms with E-state index >= 15 is 0 Å². The van der Waals surface area contributed by atoms with Gasteiger partial charge in [-0.05, 0) is 33.6 Å². The van der Waals surface area contributed by atoms with Gasteiger partial charge in [0, 0.05) is 6.54 Å². The van der Waals surface area contributed by atoms with Gasteiger partial charge < -0.3 is 20.5 Å². The van der Waals surface area contributed by atoms with Crippen molar-refractivity contribution < 1.29 is 14.3 Å². The molecule has 1 aliphatic carbocycles. The van der Waals surface area contributed by atoms with Gasteiger partial charge in [0.1, 0.15) is 11.6 Å². The van der Waals surface area contributed by atoms with Crippen LogP contribution in [-0.4, -0.2) is 36.0 Å². The van der Waals surface area contributed by atoms with Crippen LogP contribution in [0.3, 0.4) is 0 Å². The topological polar surface area (TPSA) is 73.6 Å². The van der Waals surface area contributed by atoms with Crippen molar-refractivity contribution in [1.29, 1.82) is 0 Å². The number of carbonyl (C=O) groups is 1. The van der Waals surface area contributed by atoms with Crippen molar-refractivity contribution in [3.05, 3.63) is 0 Å². The summed E-state index contributed by atoms with van der Waals surface area (Å²) in [4.78, 5) is 11.9. The molecule has 0 spiro atoms. The summed E-state index contributed by atoms with van der Waals surface area (Å²) in [6, 6.07) is 0.